The SMILES string of the molecule is COc1ccc(OC)c(/C=C/C(=O)OCc2ccc(C(C)C)cc2)c1. The minimum atomic E-state index is -0.405. The molecule has 2 aromatic carbocycles. The molecule has 0 aliphatic carbocycles. The van der Waals surface area contributed by atoms with E-state index < -0.39 is 5.97 Å². The van der Waals surface area contributed by atoms with E-state index in [1.54, 1.807) is 38.5 Å². The first kappa shape index (κ1) is 18.6. The summed E-state index contributed by atoms with van der Waals surface area (Å²) < 4.78 is 15.7. The lowest BCUT2D eigenvalue weighted by atomic mass is 10.0. The van der Waals surface area contributed by atoms with Gasteiger partial charge in [0, 0.05) is 11.6 Å². The smallest absolute Gasteiger partial charge is 0.331 e. The topological polar surface area (TPSA) is 44.8 Å². The Hall–Kier alpha value is -2.75. The number of ether oxygens (including phenoxy) is 3. The van der Waals surface area contributed by atoms with E-state index in [1.807, 2.05) is 12.1 Å². The Morgan fingerprint density at radius 3 is 2.36 bits per heavy atom. The van der Waals surface area contributed by atoms with Crippen molar-refractivity contribution in [2.45, 2.75) is 26.4 Å². The van der Waals surface area contributed by atoms with Crippen LogP contribution < -0.4 is 9.47 Å². The Morgan fingerprint density at radius 1 is 1.04 bits per heavy atom. The maximum Gasteiger partial charge on any atom is 0.331 e. The molecule has 0 aliphatic heterocycles. The van der Waals surface area contributed by atoms with Gasteiger partial charge >= 0.3 is 5.97 Å². The van der Waals surface area contributed by atoms with Gasteiger partial charge in [0.2, 0.25) is 0 Å². The van der Waals surface area contributed by atoms with Crippen molar-refractivity contribution in [3.63, 3.8) is 0 Å². The highest BCUT2D eigenvalue weighted by atomic mass is 16.5. The Bertz CT molecular complexity index is 730. The Labute approximate surface area is 149 Å². The second-order valence-electron chi connectivity index (χ2n) is 5.95. The summed E-state index contributed by atoms with van der Waals surface area (Å²) in [7, 11) is 3.17. The van der Waals surface area contributed by atoms with Crippen LogP contribution in [-0.2, 0) is 16.1 Å². The molecule has 0 aromatic heterocycles. The average Bonchev–Trinajstić information content (AvgIpc) is 2.64. The molecule has 0 unspecified atom stereocenters. The summed E-state index contributed by atoms with van der Waals surface area (Å²) in [4.78, 5) is 11.9. The van der Waals surface area contributed by atoms with Crippen molar-refractivity contribution in [2.75, 3.05) is 14.2 Å². The zero-order valence-electron chi connectivity index (χ0n) is 15.1. The van der Waals surface area contributed by atoms with Crippen LogP contribution in [0.4, 0.5) is 0 Å². The standard InChI is InChI=1S/C21H24O4/c1-15(2)17-7-5-16(6-8-17)14-25-21(22)12-9-18-13-19(23-3)10-11-20(18)24-4/h5-13,15H,14H2,1-4H3/b12-9+. The number of rotatable bonds is 7. The zero-order valence-corrected chi connectivity index (χ0v) is 15.1. The largest absolute Gasteiger partial charge is 0.497 e. The lowest BCUT2D eigenvalue weighted by Crippen LogP contribution is -2.01. The first-order valence-electron chi connectivity index (χ1n) is 8.19. The van der Waals surface area contributed by atoms with Gasteiger partial charge in [-0.2, -0.15) is 0 Å². The highest BCUT2D eigenvalue weighted by molar-refractivity contribution is 5.87. The van der Waals surface area contributed by atoms with Gasteiger partial charge in [-0.15, -0.1) is 0 Å². The minimum absolute atomic E-state index is 0.247. The molecule has 0 aliphatic rings. The number of hydrogen-bond acceptors (Lipinski definition) is 4. The fourth-order valence-electron chi connectivity index (χ4n) is 2.33. The van der Waals surface area contributed by atoms with Crippen molar-refractivity contribution in [2.24, 2.45) is 0 Å². The van der Waals surface area contributed by atoms with Gasteiger partial charge in [0.15, 0.2) is 0 Å². The molecule has 0 bridgehead atoms. The van der Waals surface area contributed by atoms with E-state index in [0.717, 1.165) is 11.1 Å². The summed E-state index contributed by atoms with van der Waals surface area (Å²) in [6, 6.07) is 13.5. The fraction of sp³-hybridized carbons (Fsp3) is 0.286. The highest BCUT2D eigenvalue weighted by Crippen LogP contribution is 2.25. The predicted octanol–water partition coefficient (Wildman–Crippen LogP) is 4.58. The minimum Gasteiger partial charge on any atom is -0.497 e. The predicted molar refractivity (Wildman–Crippen MR) is 98.9 cm³/mol. The number of hydrogen-bond donors (Lipinski definition) is 0. The lowest BCUT2D eigenvalue weighted by molar-refractivity contribution is -0.138. The van der Waals surface area contributed by atoms with Gasteiger partial charge in [-0.3, -0.25) is 0 Å². The molecular weight excluding hydrogens is 316 g/mol. The fourth-order valence-corrected chi connectivity index (χ4v) is 2.33. The van der Waals surface area contributed by atoms with Crippen molar-refractivity contribution < 1.29 is 19.0 Å². The normalized spacial score (nSPS) is 10.9. The van der Waals surface area contributed by atoms with Crippen molar-refractivity contribution in [1.29, 1.82) is 0 Å². The van der Waals surface area contributed by atoms with E-state index in [2.05, 4.69) is 26.0 Å². The number of carbonyl (C=O) groups is 1. The molecular formula is C21H24O4. The monoisotopic (exact) mass is 340 g/mol. The maximum atomic E-state index is 11.9. The third-order valence-corrected chi connectivity index (χ3v) is 3.86. The summed E-state index contributed by atoms with van der Waals surface area (Å²) >= 11 is 0. The molecule has 4 heteroatoms. The van der Waals surface area contributed by atoms with Crippen molar-refractivity contribution in [3.8, 4) is 11.5 Å². The van der Waals surface area contributed by atoms with E-state index >= 15 is 0 Å². The molecule has 0 N–H and O–H groups in total. The van der Waals surface area contributed by atoms with Crippen LogP contribution in [-0.4, -0.2) is 20.2 Å². The van der Waals surface area contributed by atoms with E-state index in [1.165, 1.54) is 11.6 Å². The van der Waals surface area contributed by atoms with Crippen molar-refractivity contribution in [1.82, 2.24) is 0 Å². The van der Waals surface area contributed by atoms with Crippen LogP contribution in [0.3, 0.4) is 0 Å². The molecule has 0 heterocycles. The zero-order chi connectivity index (χ0) is 18.2. The Balaban J connectivity index is 1.96. The average molecular weight is 340 g/mol. The molecule has 0 atom stereocenters. The van der Waals surface area contributed by atoms with Gasteiger partial charge in [0.1, 0.15) is 18.1 Å². The van der Waals surface area contributed by atoms with Gasteiger partial charge in [-0.05, 0) is 41.3 Å². The van der Waals surface area contributed by atoms with Gasteiger partial charge in [-0.25, -0.2) is 4.79 Å². The van der Waals surface area contributed by atoms with Gasteiger partial charge in [0.05, 0.1) is 14.2 Å². The third kappa shape index (κ3) is 5.38. The molecule has 2 aromatic rings. The highest BCUT2D eigenvalue weighted by Gasteiger charge is 2.04. The third-order valence-electron chi connectivity index (χ3n) is 3.86. The second-order valence-corrected chi connectivity index (χ2v) is 5.95. The molecule has 25 heavy (non-hydrogen) atoms. The van der Waals surface area contributed by atoms with Crippen LogP contribution in [0.2, 0.25) is 0 Å². The number of carbonyl (C=O) groups excluding carboxylic acids is 1. The van der Waals surface area contributed by atoms with Gasteiger partial charge in [-0.1, -0.05) is 38.1 Å². The maximum absolute atomic E-state index is 11.9. The summed E-state index contributed by atoms with van der Waals surface area (Å²) in [6.07, 6.45) is 3.05. The second kappa shape index (κ2) is 8.92. The Morgan fingerprint density at radius 2 is 1.76 bits per heavy atom. The van der Waals surface area contributed by atoms with Crippen LogP contribution >= 0.6 is 0 Å². The van der Waals surface area contributed by atoms with Crippen LogP contribution in [0.25, 0.3) is 6.08 Å². The van der Waals surface area contributed by atoms with Gasteiger partial charge in [0.25, 0.3) is 0 Å². The molecule has 0 amide bonds. The molecule has 0 spiro atoms. The Kier molecular flexibility index (Phi) is 6.63. The van der Waals surface area contributed by atoms with Crippen LogP contribution in [0.1, 0.15) is 36.5 Å². The molecule has 0 saturated carbocycles. The van der Waals surface area contributed by atoms with E-state index in [4.69, 9.17) is 14.2 Å². The van der Waals surface area contributed by atoms with E-state index in [-0.39, 0.29) is 6.61 Å². The molecule has 0 radical (unpaired) electrons. The van der Waals surface area contributed by atoms with Crippen molar-refractivity contribution >= 4 is 12.0 Å². The molecule has 0 fully saturated rings. The number of benzene rings is 2. The molecule has 2 rings (SSSR count). The molecule has 132 valence electrons. The van der Waals surface area contributed by atoms with E-state index in [9.17, 15) is 4.79 Å². The number of methoxy groups -OCH3 is 2. The summed E-state index contributed by atoms with van der Waals surface area (Å²) in [5.74, 6) is 1.43. The van der Waals surface area contributed by atoms with Crippen LogP contribution in [0.5, 0.6) is 11.5 Å². The first-order chi connectivity index (χ1) is 12.0. The lowest BCUT2D eigenvalue weighted by Gasteiger charge is -2.08. The summed E-state index contributed by atoms with van der Waals surface area (Å²) in [5.41, 5.74) is 2.98. The quantitative estimate of drug-likeness (QED) is 0.546. The van der Waals surface area contributed by atoms with Gasteiger partial charge < -0.3 is 14.2 Å². The number of esters is 1. The molecule has 4 nitrogen and oxygen atoms in total. The van der Waals surface area contributed by atoms with Crippen LogP contribution in [0, 0.1) is 0 Å². The van der Waals surface area contributed by atoms with Crippen molar-refractivity contribution in [3.05, 3.63) is 65.2 Å². The summed E-state index contributed by atoms with van der Waals surface area (Å²) in [6.45, 7) is 4.54. The summed E-state index contributed by atoms with van der Waals surface area (Å²) in [5, 5.41) is 0. The first-order valence-corrected chi connectivity index (χ1v) is 8.19. The van der Waals surface area contributed by atoms with Crippen LogP contribution in [0.15, 0.2) is 48.5 Å². The van der Waals surface area contributed by atoms with E-state index in [0.29, 0.717) is 17.4 Å². The molecule has 0 saturated heterocycles.